The average molecular weight is 414 g/mol. The van der Waals surface area contributed by atoms with Gasteiger partial charge in [0.05, 0.1) is 10.5 Å². The standard InChI is InChI=1S/C17H19FN2O5S2/c1-17(2,3)13(21)15(23)20-16-11(14(19)22)8-12(26-16)27(24,25)10-6-4-9(18)5-7-10/h4-8,13,21H,1-3H3,(H2,19,22)(H,20,23). The van der Waals surface area contributed by atoms with Gasteiger partial charge in [-0.1, -0.05) is 20.8 Å². The van der Waals surface area contributed by atoms with Gasteiger partial charge in [-0.2, -0.15) is 0 Å². The van der Waals surface area contributed by atoms with Gasteiger partial charge in [0.2, 0.25) is 9.84 Å². The van der Waals surface area contributed by atoms with E-state index in [0.717, 1.165) is 30.3 Å². The van der Waals surface area contributed by atoms with Gasteiger partial charge in [-0.25, -0.2) is 12.8 Å². The van der Waals surface area contributed by atoms with Crippen LogP contribution in [-0.4, -0.2) is 31.4 Å². The molecule has 10 heteroatoms. The summed E-state index contributed by atoms with van der Waals surface area (Å²) in [6.07, 6.45) is -1.39. The van der Waals surface area contributed by atoms with Crippen molar-refractivity contribution in [3.05, 3.63) is 41.7 Å². The number of aliphatic hydroxyl groups is 1. The first kappa shape index (κ1) is 21.0. The van der Waals surface area contributed by atoms with Crippen molar-refractivity contribution in [1.82, 2.24) is 0 Å². The summed E-state index contributed by atoms with van der Waals surface area (Å²) in [6, 6.07) is 5.23. The lowest BCUT2D eigenvalue weighted by atomic mass is 9.89. The molecule has 1 atom stereocenters. The third kappa shape index (κ3) is 4.52. The zero-order valence-corrected chi connectivity index (χ0v) is 16.4. The van der Waals surface area contributed by atoms with Gasteiger partial charge >= 0.3 is 0 Å². The number of nitrogens with two attached hydrogens (primary N) is 1. The van der Waals surface area contributed by atoms with E-state index in [-0.39, 0.29) is 19.7 Å². The van der Waals surface area contributed by atoms with Crippen molar-refractivity contribution < 1.29 is 27.5 Å². The van der Waals surface area contributed by atoms with Crippen LogP contribution in [0.4, 0.5) is 9.39 Å². The van der Waals surface area contributed by atoms with Gasteiger partial charge in [0, 0.05) is 0 Å². The number of amides is 2. The summed E-state index contributed by atoms with van der Waals surface area (Å²) in [7, 11) is -4.05. The summed E-state index contributed by atoms with van der Waals surface area (Å²) in [4.78, 5) is 23.7. The van der Waals surface area contributed by atoms with Crippen LogP contribution < -0.4 is 11.1 Å². The molecule has 0 radical (unpaired) electrons. The fourth-order valence-corrected chi connectivity index (χ4v) is 4.86. The molecule has 2 amide bonds. The highest BCUT2D eigenvalue weighted by Gasteiger charge is 2.31. The molecule has 2 aromatic rings. The monoisotopic (exact) mass is 414 g/mol. The molecule has 1 aromatic heterocycles. The van der Waals surface area contributed by atoms with E-state index >= 15 is 0 Å². The number of anilines is 1. The molecule has 27 heavy (non-hydrogen) atoms. The van der Waals surface area contributed by atoms with Crippen LogP contribution in [0.1, 0.15) is 31.1 Å². The first-order valence-corrected chi connectivity index (χ1v) is 10.1. The molecule has 0 saturated heterocycles. The van der Waals surface area contributed by atoms with Crippen molar-refractivity contribution in [2.75, 3.05) is 5.32 Å². The minimum atomic E-state index is -4.05. The Balaban J connectivity index is 2.44. The third-order valence-corrected chi connectivity index (χ3v) is 6.96. The fraction of sp³-hybridized carbons (Fsp3) is 0.294. The van der Waals surface area contributed by atoms with Crippen LogP contribution in [0.2, 0.25) is 0 Å². The van der Waals surface area contributed by atoms with Crippen molar-refractivity contribution in [2.45, 2.75) is 36.0 Å². The number of carbonyl (C=O) groups excluding carboxylic acids is 2. The highest BCUT2D eigenvalue weighted by atomic mass is 32.2. The molecule has 0 fully saturated rings. The number of benzene rings is 1. The summed E-state index contributed by atoms with van der Waals surface area (Å²) < 4.78 is 38.2. The molecule has 146 valence electrons. The predicted octanol–water partition coefficient (Wildman–Crippen LogP) is 2.16. The average Bonchev–Trinajstić information content (AvgIpc) is 2.98. The topological polar surface area (TPSA) is 127 Å². The van der Waals surface area contributed by atoms with E-state index in [0.29, 0.717) is 11.3 Å². The smallest absolute Gasteiger partial charge is 0.254 e. The Morgan fingerprint density at radius 2 is 1.78 bits per heavy atom. The normalized spacial score (nSPS) is 13.2. The first-order chi connectivity index (χ1) is 12.3. The molecule has 0 saturated carbocycles. The lowest BCUT2D eigenvalue weighted by Crippen LogP contribution is -2.38. The Bertz CT molecular complexity index is 976. The molecular formula is C17H19FN2O5S2. The Hall–Kier alpha value is -2.30. The molecule has 0 aliphatic rings. The number of carbonyl (C=O) groups is 2. The van der Waals surface area contributed by atoms with Crippen LogP contribution in [0, 0.1) is 11.2 Å². The van der Waals surface area contributed by atoms with Gasteiger partial charge in [-0.15, -0.1) is 11.3 Å². The summed E-state index contributed by atoms with van der Waals surface area (Å²) >= 11 is 0.625. The summed E-state index contributed by atoms with van der Waals surface area (Å²) in [5.41, 5.74) is 4.31. The molecule has 0 aliphatic heterocycles. The van der Waals surface area contributed by atoms with E-state index < -0.39 is 39.0 Å². The number of sulfone groups is 1. The lowest BCUT2D eigenvalue weighted by Gasteiger charge is -2.24. The number of primary amides is 1. The molecule has 0 aliphatic carbocycles. The number of halogens is 1. The van der Waals surface area contributed by atoms with E-state index in [1.54, 1.807) is 20.8 Å². The van der Waals surface area contributed by atoms with Crippen LogP contribution in [0.3, 0.4) is 0 Å². The van der Waals surface area contributed by atoms with Gasteiger partial charge in [0.25, 0.3) is 11.8 Å². The molecule has 2 rings (SSSR count). The Labute approximate surface area is 159 Å². The number of nitrogens with one attached hydrogen (secondary N) is 1. The SMILES string of the molecule is CC(C)(C)C(O)C(=O)Nc1sc(S(=O)(=O)c2ccc(F)cc2)cc1C(N)=O. The second-order valence-electron chi connectivity index (χ2n) is 6.89. The first-order valence-electron chi connectivity index (χ1n) is 7.77. The summed E-state index contributed by atoms with van der Waals surface area (Å²) in [5.74, 6) is -2.33. The van der Waals surface area contributed by atoms with Gasteiger partial charge in [-0.3, -0.25) is 9.59 Å². The maximum Gasteiger partial charge on any atom is 0.254 e. The van der Waals surface area contributed by atoms with Crippen LogP contribution >= 0.6 is 11.3 Å². The van der Waals surface area contributed by atoms with Crippen molar-refractivity contribution in [1.29, 1.82) is 0 Å². The van der Waals surface area contributed by atoms with Gasteiger partial charge in [0.1, 0.15) is 21.1 Å². The van der Waals surface area contributed by atoms with Gasteiger partial charge in [0.15, 0.2) is 0 Å². The van der Waals surface area contributed by atoms with Gasteiger partial charge in [-0.05, 0) is 35.7 Å². The molecule has 1 aromatic carbocycles. The lowest BCUT2D eigenvalue weighted by molar-refractivity contribution is -0.129. The number of thiophene rings is 1. The highest BCUT2D eigenvalue weighted by Crippen LogP contribution is 2.35. The molecular weight excluding hydrogens is 395 g/mol. The number of hydrogen-bond acceptors (Lipinski definition) is 6. The number of hydrogen-bond donors (Lipinski definition) is 3. The van der Waals surface area contributed by atoms with E-state index in [1.807, 2.05) is 0 Å². The minimum absolute atomic E-state index is 0.0866. The maximum atomic E-state index is 13.0. The zero-order chi connectivity index (χ0) is 20.6. The summed E-state index contributed by atoms with van der Waals surface area (Å²) in [5, 5.41) is 12.3. The molecule has 1 unspecified atom stereocenters. The Morgan fingerprint density at radius 3 is 2.26 bits per heavy atom. The highest BCUT2D eigenvalue weighted by molar-refractivity contribution is 7.93. The predicted molar refractivity (Wildman–Crippen MR) is 98.8 cm³/mol. The van der Waals surface area contributed by atoms with Crippen molar-refractivity contribution >= 4 is 38.0 Å². The van der Waals surface area contributed by atoms with Crippen LogP contribution in [0.25, 0.3) is 0 Å². The molecule has 1 heterocycles. The molecule has 7 nitrogen and oxygen atoms in total. The van der Waals surface area contributed by atoms with Gasteiger partial charge < -0.3 is 16.2 Å². The van der Waals surface area contributed by atoms with Crippen LogP contribution in [0.5, 0.6) is 0 Å². The van der Waals surface area contributed by atoms with Crippen molar-refractivity contribution in [3.8, 4) is 0 Å². The van der Waals surface area contributed by atoms with Crippen LogP contribution in [-0.2, 0) is 14.6 Å². The third-order valence-electron chi connectivity index (χ3n) is 3.67. The fourth-order valence-electron chi connectivity index (χ4n) is 2.08. The minimum Gasteiger partial charge on any atom is -0.383 e. The Morgan fingerprint density at radius 1 is 1.22 bits per heavy atom. The van der Waals surface area contributed by atoms with E-state index in [4.69, 9.17) is 5.73 Å². The second-order valence-corrected chi connectivity index (χ2v) is 10.1. The van der Waals surface area contributed by atoms with Crippen molar-refractivity contribution in [3.63, 3.8) is 0 Å². The van der Waals surface area contributed by atoms with E-state index in [1.165, 1.54) is 0 Å². The molecule has 0 spiro atoms. The second kappa shape index (κ2) is 7.37. The quantitative estimate of drug-likeness (QED) is 0.646. The molecule has 0 bridgehead atoms. The number of aliphatic hydroxyl groups excluding tert-OH is 1. The van der Waals surface area contributed by atoms with E-state index in [9.17, 15) is 27.5 Å². The number of rotatable bonds is 5. The maximum absolute atomic E-state index is 13.0. The largest absolute Gasteiger partial charge is 0.383 e. The zero-order valence-electron chi connectivity index (χ0n) is 14.8. The van der Waals surface area contributed by atoms with E-state index in [2.05, 4.69) is 5.32 Å². The van der Waals surface area contributed by atoms with Crippen LogP contribution in [0.15, 0.2) is 39.4 Å². The van der Waals surface area contributed by atoms with Crippen molar-refractivity contribution in [2.24, 2.45) is 11.1 Å². The Kier molecular flexibility index (Phi) is 5.74. The molecule has 4 N–H and O–H groups in total. The summed E-state index contributed by atoms with van der Waals surface area (Å²) in [6.45, 7) is 4.93.